The van der Waals surface area contributed by atoms with E-state index in [1.807, 2.05) is 4.90 Å². The molecule has 92 valence electrons. The number of nitrogens with zero attached hydrogens (tertiary/aromatic N) is 3. The summed E-state index contributed by atoms with van der Waals surface area (Å²) < 4.78 is 0. The van der Waals surface area contributed by atoms with E-state index in [0.717, 1.165) is 12.8 Å². The van der Waals surface area contributed by atoms with Crippen LogP contribution in [0.2, 0.25) is 5.15 Å². The second-order valence-corrected chi connectivity index (χ2v) is 4.77. The van der Waals surface area contributed by atoms with Gasteiger partial charge in [0.05, 0.1) is 18.3 Å². The maximum atomic E-state index is 11.2. The first-order chi connectivity index (χ1) is 8.08. The maximum Gasteiger partial charge on any atom is 0.222 e. The second-order valence-electron chi connectivity index (χ2n) is 4.38. The van der Waals surface area contributed by atoms with Crippen molar-refractivity contribution in [3.05, 3.63) is 17.5 Å². The molecule has 1 aromatic heterocycles. The Morgan fingerprint density at radius 2 is 2.29 bits per heavy atom. The fourth-order valence-electron chi connectivity index (χ4n) is 2.13. The van der Waals surface area contributed by atoms with Crippen LogP contribution in [0.4, 0.5) is 5.82 Å². The lowest BCUT2D eigenvalue weighted by molar-refractivity contribution is -0.122. The van der Waals surface area contributed by atoms with E-state index >= 15 is 0 Å². The third-order valence-electron chi connectivity index (χ3n) is 3.17. The van der Waals surface area contributed by atoms with Crippen LogP contribution in [0.5, 0.6) is 0 Å². The van der Waals surface area contributed by atoms with Gasteiger partial charge in [0.15, 0.2) is 0 Å². The molecule has 6 heteroatoms. The molecule has 2 rings (SSSR count). The van der Waals surface area contributed by atoms with Gasteiger partial charge in [-0.1, -0.05) is 11.6 Å². The maximum absolute atomic E-state index is 11.2. The minimum atomic E-state index is -0.253. The number of piperidine rings is 1. The molecule has 5 nitrogen and oxygen atoms in total. The van der Waals surface area contributed by atoms with Gasteiger partial charge in [0.1, 0.15) is 11.0 Å². The van der Waals surface area contributed by atoms with Crippen molar-refractivity contribution in [2.45, 2.75) is 25.8 Å². The highest BCUT2D eigenvalue weighted by Crippen LogP contribution is 2.26. The Balaban J connectivity index is 2.20. The largest absolute Gasteiger partial charge is 0.369 e. The molecule has 2 unspecified atom stereocenters. The van der Waals surface area contributed by atoms with Gasteiger partial charge in [0, 0.05) is 12.6 Å². The van der Waals surface area contributed by atoms with E-state index in [0.29, 0.717) is 23.6 Å². The molecular weight excluding hydrogens is 240 g/mol. The van der Waals surface area contributed by atoms with E-state index in [2.05, 4.69) is 16.9 Å². The summed E-state index contributed by atoms with van der Waals surface area (Å²) in [5, 5.41) is 0.357. The number of hydrogen-bond donors (Lipinski definition) is 1. The fourth-order valence-corrected chi connectivity index (χ4v) is 2.27. The van der Waals surface area contributed by atoms with Crippen molar-refractivity contribution in [2.75, 3.05) is 11.4 Å². The molecule has 1 saturated heterocycles. The summed E-state index contributed by atoms with van der Waals surface area (Å²) in [6, 6.07) is 0.318. The Hall–Kier alpha value is -1.36. The highest BCUT2D eigenvalue weighted by atomic mass is 35.5. The molecule has 17 heavy (non-hydrogen) atoms. The Morgan fingerprint density at radius 1 is 1.53 bits per heavy atom. The number of carbonyl (C=O) groups excluding carboxylic acids is 1. The molecule has 2 atom stereocenters. The van der Waals surface area contributed by atoms with Crippen LogP contribution in [-0.4, -0.2) is 28.5 Å². The summed E-state index contributed by atoms with van der Waals surface area (Å²) in [6.45, 7) is 2.69. The number of amides is 1. The van der Waals surface area contributed by atoms with Gasteiger partial charge in [-0.3, -0.25) is 9.78 Å². The van der Waals surface area contributed by atoms with Crippen molar-refractivity contribution in [3.8, 4) is 0 Å². The third kappa shape index (κ3) is 2.66. The Bertz CT molecular complexity index is 426. The molecule has 2 N–H and O–H groups in total. The molecule has 1 aromatic rings. The first-order valence-electron chi connectivity index (χ1n) is 5.61. The number of nitrogens with two attached hydrogens (primary N) is 1. The molecule has 0 aliphatic carbocycles. The minimum absolute atomic E-state index is 0.119. The summed E-state index contributed by atoms with van der Waals surface area (Å²) in [4.78, 5) is 21.5. The number of anilines is 1. The van der Waals surface area contributed by atoms with Gasteiger partial charge < -0.3 is 10.6 Å². The molecule has 1 amide bonds. The zero-order valence-corrected chi connectivity index (χ0v) is 10.4. The van der Waals surface area contributed by atoms with Gasteiger partial charge in [-0.25, -0.2) is 4.98 Å². The van der Waals surface area contributed by atoms with E-state index < -0.39 is 0 Å². The number of aromatic nitrogens is 2. The molecule has 0 saturated carbocycles. The van der Waals surface area contributed by atoms with Crippen LogP contribution < -0.4 is 10.6 Å². The van der Waals surface area contributed by atoms with Gasteiger partial charge >= 0.3 is 0 Å². The zero-order valence-electron chi connectivity index (χ0n) is 9.64. The van der Waals surface area contributed by atoms with Gasteiger partial charge in [0.25, 0.3) is 0 Å². The molecule has 1 aliphatic rings. The van der Waals surface area contributed by atoms with Crippen molar-refractivity contribution in [1.29, 1.82) is 0 Å². The number of halogens is 1. The highest BCUT2D eigenvalue weighted by molar-refractivity contribution is 6.29. The van der Waals surface area contributed by atoms with E-state index in [1.54, 1.807) is 6.20 Å². The summed E-state index contributed by atoms with van der Waals surface area (Å²) >= 11 is 5.82. The zero-order chi connectivity index (χ0) is 12.4. The second kappa shape index (κ2) is 4.87. The molecule has 1 aliphatic heterocycles. The van der Waals surface area contributed by atoms with Crippen LogP contribution in [0, 0.1) is 5.92 Å². The monoisotopic (exact) mass is 254 g/mol. The minimum Gasteiger partial charge on any atom is -0.369 e. The summed E-state index contributed by atoms with van der Waals surface area (Å²) in [7, 11) is 0. The number of primary amides is 1. The quantitative estimate of drug-likeness (QED) is 0.861. The van der Waals surface area contributed by atoms with Crippen LogP contribution >= 0.6 is 11.6 Å². The van der Waals surface area contributed by atoms with Crippen molar-refractivity contribution >= 4 is 23.3 Å². The number of rotatable bonds is 2. The average Bonchev–Trinajstić information content (AvgIpc) is 2.29. The predicted octanol–water partition coefficient (Wildman–Crippen LogP) is 1.22. The van der Waals surface area contributed by atoms with Crippen LogP contribution in [0.1, 0.15) is 19.8 Å². The molecule has 2 heterocycles. The van der Waals surface area contributed by atoms with Gasteiger partial charge in [-0.05, 0) is 19.8 Å². The van der Waals surface area contributed by atoms with Crippen LogP contribution in [0.25, 0.3) is 0 Å². The average molecular weight is 255 g/mol. The van der Waals surface area contributed by atoms with E-state index in [4.69, 9.17) is 17.3 Å². The summed E-state index contributed by atoms with van der Waals surface area (Å²) in [5.74, 6) is 0.333. The highest BCUT2D eigenvalue weighted by Gasteiger charge is 2.29. The van der Waals surface area contributed by atoms with Crippen molar-refractivity contribution in [3.63, 3.8) is 0 Å². The number of carbonyl (C=O) groups is 1. The Kier molecular flexibility index (Phi) is 3.47. The molecule has 0 radical (unpaired) electrons. The smallest absolute Gasteiger partial charge is 0.222 e. The lowest BCUT2D eigenvalue weighted by Gasteiger charge is -2.37. The van der Waals surface area contributed by atoms with E-state index in [-0.39, 0.29) is 11.8 Å². The predicted molar refractivity (Wildman–Crippen MR) is 65.8 cm³/mol. The number of hydrogen-bond acceptors (Lipinski definition) is 4. The molecule has 0 spiro atoms. The van der Waals surface area contributed by atoms with Crippen molar-refractivity contribution < 1.29 is 4.79 Å². The van der Waals surface area contributed by atoms with Gasteiger partial charge in [-0.15, -0.1) is 0 Å². The van der Waals surface area contributed by atoms with Crippen molar-refractivity contribution in [2.24, 2.45) is 11.7 Å². The van der Waals surface area contributed by atoms with Crippen molar-refractivity contribution in [1.82, 2.24) is 9.97 Å². The topological polar surface area (TPSA) is 72.1 Å². The van der Waals surface area contributed by atoms with E-state index in [9.17, 15) is 4.79 Å². The molecule has 0 aromatic carbocycles. The summed E-state index contributed by atoms with van der Waals surface area (Å²) in [5.41, 5.74) is 5.36. The molecule has 0 bridgehead atoms. The standard InChI is InChI=1S/C11H15ClN4O/c1-7-2-3-8(11(13)17)6-16(7)10-5-14-4-9(12)15-10/h4-5,7-8H,2-3,6H2,1H3,(H2,13,17). The third-order valence-corrected chi connectivity index (χ3v) is 3.35. The van der Waals surface area contributed by atoms with Crippen LogP contribution in [0.15, 0.2) is 12.4 Å². The van der Waals surface area contributed by atoms with E-state index in [1.165, 1.54) is 6.20 Å². The SMILES string of the molecule is CC1CCC(C(N)=O)CN1c1cncc(Cl)n1. The molecular formula is C11H15ClN4O. The Labute approximate surface area is 105 Å². The lowest BCUT2D eigenvalue weighted by atomic mass is 9.93. The lowest BCUT2D eigenvalue weighted by Crippen LogP contribution is -2.46. The van der Waals surface area contributed by atoms with Gasteiger partial charge in [0.2, 0.25) is 5.91 Å². The Morgan fingerprint density at radius 3 is 2.94 bits per heavy atom. The van der Waals surface area contributed by atoms with Crippen LogP contribution in [-0.2, 0) is 4.79 Å². The molecule has 1 fully saturated rings. The first kappa shape index (κ1) is 12.1. The van der Waals surface area contributed by atoms with Gasteiger partial charge in [-0.2, -0.15) is 0 Å². The normalized spacial score (nSPS) is 24.7. The van der Waals surface area contributed by atoms with Crippen LogP contribution in [0.3, 0.4) is 0 Å². The summed E-state index contributed by atoms with van der Waals surface area (Å²) in [6.07, 6.45) is 4.90. The fraction of sp³-hybridized carbons (Fsp3) is 0.545. The first-order valence-corrected chi connectivity index (χ1v) is 5.99.